The van der Waals surface area contributed by atoms with E-state index in [0.29, 0.717) is 6.54 Å². The zero-order valence-corrected chi connectivity index (χ0v) is 23.8. The highest BCUT2D eigenvalue weighted by Gasteiger charge is 2.25. The Labute approximate surface area is 208 Å². The molecule has 190 valence electrons. The van der Waals surface area contributed by atoms with E-state index in [0.717, 1.165) is 34.2 Å². The number of Topliss-reactive ketones (excluding diaryl/α,β-unsaturated/α-hetero) is 1. The van der Waals surface area contributed by atoms with Gasteiger partial charge in [0, 0.05) is 30.1 Å². The summed E-state index contributed by atoms with van der Waals surface area (Å²) in [4.78, 5) is 14.3. The lowest BCUT2D eigenvalue weighted by molar-refractivity contribution is -0.114. The molecule has 0 aliphatic carbocycles. The number of carbonyl (C=O) groups is 1. The van der Waals surface area contributed by atoms with Gasteiger partial charge >= 0.3 is 0 Å². The molecule has 0 N–H and O–H groups in total. The highest BCUT2D eigenvalue weighted by atomic mass is 16.1. The molecule has 4 rings (SSSR count). The second kappa shape index (κ2) is 18.4. The Morgan fingerprint density at radius 3 is 1.85 bits per heavy atom. The van der Waals surface area contributed by atoms with Gasteiger partial charge in [0.05, 0.1) is 11.4 Å². The summed E-state index contributed by atoms with van der Waals surface area (Å²) in [6, 6.07) is 10.3. The number of aliphatic imine (C=N–C) groups is 1. The summed E-state index contributed by atoms with van der Waals surface area (Å²) in [6.45, 7) is 23.7. The minimum atomic E-state index is 0.167. The summed E-state index contributed by atoms with van der Waals surface area (Å²) < 4.78 is 4.25. The number of aromatic nitrogens is 4. The molecular formula is C28H47N5O. The molecule has 0 saturated heterocycles. The fraction of sp³-hybridized carbons (Fsp3) is 0.500. The van der Waals surface area contributed by atoms with E-state index < -0.39 is 0 Å². The number of carbonyl (C=O) groups excluding carboxylic acids is 1. The molecule has 0 atom stereocenters. The van der Waals surface area contributed by atoms with Gasteiger partial charge in [-0.25, -0.2) is 0 Å². The standard InChI is InChI=1S/C17H17N5.C3H6O.4C2H6/c1-11-16-14(10-21(11)3)22-12(2)19-20-15(22)9-18-17(16)13-7-5-4-6-8-13;1-3(2)4;4*1-2/h4-8,10H,9H2,1-3H3;1-2H3;4*1-2H3. The lowest BCUT2D eigenvalue weighted by Gasteiger charge is -2.09. The molecule has 2 aromatic heterocycles. The third-order valence-electron chi connectivity index (χ3n) is 4.26. The number of rotatable bonds is 1. The lowest BCUT2D eigenvalue weighted by Crippen LogP contribution is -2.07. The van der Waals surface area contributed by atoms with Crippen molar-refractivity contribution in [3.8, 4) is 5.69 Å². The largest absolute Gasteiger partial charge is 0.352 e. The van der Waals surface area contributed by atoms with E-state index in [1.165, 1.54) is 19.5 Å². The van der Waals surface area contributed by atoms with Crippen LogP contribution in [0.2, 0.25) is 0 Å². The van der Waals surface area contributed by atoms with Crippen molar-refractivity contribution in [2.24, 2.45) is 12.0 Å². The molecule has 0 saturated carbocycles. The van der Waals surface area contributed by atoms with E-state index in [1.807, 2.05) is 80.5 Å². The molecule has 1 aliphatic heterocycles. The molecule has 1 aliphatic rings. The van der Waals surface area contributed by atoms with Crippen molar-refractivity contribution >= 4 is 11.5 Å². The maximum absolute atomic E-state index is 9.44. The highest BCUT2D eigenvalue weighted by molar-refractivity contribution is 6.16. The van der Waals surface area contributed by atoms with Gasteiger partial charge in [-0.3, -0.25) is 9.56 Å². The van der Waals surface area contributed by atoms with Gasteiger partial charge in [0.15, 0.2) is 5.82 Å². The van der Waals surface area contributed by atoms with Crippen LogP contribution in [0.4, 0.5) is 0 Å². The number of fused-ring (bicyclic) bond motifs is 3. The van der Waals surface area contributed by atoms with Crippen LogP contribution in [0.25, 0.3) is 5.69 Å². The van der Waals surface area contributed by atoms with Gasteiger partial charge in [-0.05, 0) is 27.7 Å². The zero-order valence-electron chi connectivity index (χ0n) is 23.8. The van der Waals surface area contributed by atoms with E-state index in [4.69, 9.17) is 4.99 Å². The zero-order chi connectivity index (χ0) is 26.8. The van der Waals surface area contributed by atoms with Gasteiger partial charge in [0.25, 0.3) is 0 Å². The number of hydrogen-bond acceptors (Lipinski definition) is 4. The van der Waals surface area contributed by atoms with Crippen LogP contribution in [0.1, 0.15) is 97.7 Å². The van der Waals surface area contributed by atoms with Crippen molar-refractivity contribution in [2.75, 3.05) is 0 Å². The third kappa shape index (κ3) is 8.73. The van der Waals surface area contributed by atoms with Crippen LogP contribution in [-0.2, 0) is 18.4 Å². The van der Waals surface area contributed by atoms with Crippen molar-refractivity contribution in [2.45, 2.75) is 89.6 Å². The molecule has 0 fully saturated rings. The summed E-state index contributed by atoms with van der Waals surface area (Å²) in [5.41, 5.74) is 5.62. The van der Waals surface area contributed by atoms with Crippen molar-refractivity contribution in [3.63, 3.8) is 0 Å². The molecule has 6 heteroatoms. The second-order valence-electron chi connectivity index (χ2n) is 6.52. The monoisotopic (exact) mass is 469 g/mol. The molecule has 0 unspecified atom stereocenters. The molecule has 3 aromatic rings. The summed E-state index contributed by atoms with van der Waals surface area (Å²) in [5, 5.41) is 8.49. The Morgan fingerprint density at radius 2 is 1.35 bits per heavy atom. The number of benzene rings is 1. The number of aryl methyl sites for hydroxylation is 2. The van der Waals surface area contributed by atoms with Gasteiger partial charge in [-0.15, -0.1) is 10.2 Å². The average Bonchev–Trinajstić information content (AvgIpc) is 3.32. The van der Waals surface area contributed by atoms with Crippen LogP contribution in [0.3, 0.4) is 0 Å². The minimum Gasteiger partial charge on any atom is -0.352 e. The van der Waals surface area contributed by atoms with Gasteiger partial charge < -0.3 is 9.36 Å². The fourth-order valence-corrected chi connectivity index (χ4v) is 3.05. The highest BCUT2D eigenvalue weighted by Crippen LogP contribution is 2.29. The van der Waals surface area contributed by atoms with Gasteiger partial charge in [-0.2, -0.15) is 0 Å². The molecular weight excluding hydrogens is 422 g/mol. The predicted molar refractivity (Wildman–Crippen MR) is 147 cm³/mol. The van der Waals surface area contributed by atoms with E-state index in [2.05, 4.69) is 51.6 Å². The van der Waals surface area contributed by atoms with E-state index >= 15 is 0 Å². The smallest absolute Gasteiger partial charge is 0.159 e. The summed E-state index contributed by atoms with van der Waals surface area (Å²) in [5.74, 6) is 1.95. The van der Waals surface area contributed by atoms with Crippen molar-refractivity contribution < 1.29 is 4.79 Å². The molecule has 0 bridgehead atoms. The summed E-state index contributed by atoms with van der Waals surface area (Å²) >= 11 is 0. The normalized spacial score (nSPS) is 10.1. The molecule has 0 radical (unpaired) electrons. The number of nitrogens with zero attached hydrogens (tertiary/aromatic N) is 5. The molecule has 0 spiro atoms. The Balaban J connectivity index is 0. The number of hydrogen-bond donors (Lipinski definition) is 0. The van der Waals surface area contributed by atoms with Crippen LogP contribution < -0.4 is 0 Å². The van der Waals surface area contributed by atoms with Crippen molar-refractivity contribution in [3.05, 3.63) is 65.0 Å². The molecule has 3 heterocycles. The lowest BCUT2D eigenvalue weighted by atomic mass is 10.0. The molecule has 0 amide bonds. The van der Waals surface area contributed by atoms with Crippen LogP contribution in [-0.4, -0.2) is 30.8 Å². The van der Waals surface area contributed by atoms with Gasteiger partial charge in [0.2, 0.25) is 0 Å². The third-order valence-corrected chi connectivity index (χ3v) is 4.26. The Hall–Kier alpha value is -3.02. The quantitative estimate of drug-likeness (QED) is 0.376. The van der Waals surface area contributed by atoms with E-state index in [-0.39, 0.29) is 5.78 Å². The molecule has 6 nitrogen and oxygen atoms in total. The topological polar surface area (TPSA) is 65.1 Å². The minimum absolute atomic E-state index is 0.167. The van der Waals surface area contributed by atoms with Gasteiger partial charge in [-0.1, -0.05) is 85.7 Å². The number of ketones is 1. The SMILES string of the molecule is CC.CC.CC.CC.CC(C)=O.Cc1c2c(cn1C)-n1c(C)nnc1CN=C2c1ccccc1. The predicted octanol–water partition coefficient (Wildman–Crippen LogP) is 7.27. The van der Waals surface area contributed by atoms with Crippen LogP contribution in [0.15, 0.2) is 41.5 Å². The van der Waals surface area contributed by atoms with Crippen LogP contribution >= 0.6 is 0 Å². The summed E-state index contributed by atoms with van der Waals surface area (Å²) in [7, 11) is 2.06. The second-order valence-corrected chi connectivity index (χ2v) is 6.52. The maximum Gasteiger partial charge on any atom is 0.159 e. The van der Waals surface area contributed by atoms with Crippen LogP contribution in [0, 0.1) is 13.8 Å². The van der Waals surface area contributed by atoms with Crippen molar-refractivity contribution in [1.29, 1.82) is 0 Å². The van der Waals surface area contributed by atoms with E-state index in [9.17, 15) is 4.79 Å². The van der Waals surface area contributed by atoms with Crippen molar-refractivity contribution in [1.82, 2.24) is 19.3 Å². The molecule has 34 heavy (non-hydrogen) atoms. The first-order chi connectivity index (χ1) is 16.4. The van der Waals surface area contributed by atoms with Crippen LogP contribution in [0.5, 0.6) is 0 Å². The fourth-order valence-electron chi connectivity index (χ4n) is 3.05. The average molecular weight is 470 g/mol. The van der Waals surface area contributed by atoms with E-state index in [1.54, 1.807) is 0 Å². The first-order valence-corrected chi connectivity index (χ1v) is 12.5. The Morgan fingerprint density at radius 1 is 0.853 bits per heavy atom. The Bertz CT molecular complexity index is 978. The Kier molecular flexibility index (Phi) is 18.0. The first-order valence-electron chi connectivity index (χ1n) is 12.5. The van der Waals surface area contributed by atoms with Gasteiger partial charge in [0.1, 0.15) is 18.2 Å². The maximum atomic E-state index is 9.44. The summed E-state index contributed by atoms with van der Waals surface area (Å²) in [6.07, 6.45) is 2.13. The molecule has 1 aromatic carbocycles. The first kappa shape index (κ1) is 33.2.